The zero-order valence-corrected chi connectivity index (χ0v) is 16.8. The molecule has 0 radical (unpaired) electrons. The topological polar surface area (TPSA) is 55.0 Å². The van der Waals surface area contributed by atoms with Gasteiger partial charge in [0, 0.05) is 5.56 Å². The van der Waals surface area contributed by atoms with E-state index in [1.54, 1.807) is 6.07 Å². The minimum absolute atomic E-state index is 0.143. The molecule has 150 valence electrons. The fourth-order valence-corrected chi connectivity index (χ4v) is 3.65. The van der Waals surface area contributed by atoms with Crippen LogP contribution >= 0.6 is 0 Å². The van der Waals surface area contributed by atoms with Crippen molar-refractivity contribution < 1.29 is 4.74 Å². The second-order valence-corrected chi connectivity index (χ2v) is 7.28. The van der Waals surface area contributed by atoms with Gasteiger partial charge in [-0.15, -0.1) is 0 Å². The predicted molar refractivity (Wildman–Crippen MR) is 124 cm³/mol. The van der Waals surface area contributed by atoms with Crippen molar-refractivity contribution in [1.29, 1.82) is 0 Å². The highest BCUT2D eigenvalue weighted by Gasteiger charge is 2.12. The van der Waals surface area contributed by atoms with Gasteiger partial charge in [0.1, 0.15) is 18.2 Å². The first-order chi connectivity index (χ1) is 15.3. The SMILES string of the molecule is O=c1[nH]c(-c2ccccc2-c2cccc(OCc3ccccc3)c2)nc2ccccc12. The summed E-state index contributed by atoms with van der Waals surface area (Å²) in [6, 6.07) is 33.4. The van der Waals surface area contributed by atoms with E-state index >= 15 is 0 Å². The van der Waals surface area contributed by atoms with Crippen molar-refractivity contribution in [3.8, 4) is 28.3 Å². The number of para-hydroxylation sites is 1. The molecule has 1 aromatic heterocycles. The summed E-state index contributed by atoms with van der Waals surface area (Å²) in [5.41, 5.74) is 4.49. The van der Waals surface area contributed by atoms with E-state index < -0.39 is 0 Å². The molecule has 0 saturated carbocycles. The normalized spacial score (nSPS) is 10.8. The standard InChI is InChI=1S/C27H20N2O2/c30-27-24-15-6-7-16-25(24)28-26(29-27)23-14-5-4-13-22(23)20-11-8-12-21(17-20)31-18-19-9-2-1-3-10-19/h1-17H,18H2,(H,28,29,30). The molecule has 0 unspecified atom stereocenters. The molecule has 1 N–H and O–H groups in total. The van der Waals surface area contributed by atoms with Gasteiger partial charge in [0.25, 0.3) is 5.56 Å². The lowest BCUT2D eigenvalue weighted by atomic mass is 9.99. The van der Waals surface area contributed by atoms with Gasteiger partial charge >= 0.3 is 0 Å². The fourth-order valence-electron chi connectivity index (χ4n) is 3.65. The van der Waals surface area contributed by atoms with Crippen molar-refractivity contribution in [3.63, 3.8) is 0 Å². The lowest BCUT2D eigenvalue weighted by Crippen LogP contribution is -2.09. The molecule has 0 spiro atoms. The number of rotatable bonds is 5. The maximum Gasteiger partial charge on any atom is 0.259 e. The molecular weight excluding hydrogens is 384 g/mol. The van der Waals surface area contributed by atoms with Gasteiger partial charge in [-0.05, 0) is 41.0 Å². The summed E-state index contributed by atoms with van der Waals surface area (Å²) in [4.78, 5) is 20.2. The van der Waals surface area contributed by atoms with E-state index in [1.807, 2.05) is 97.1 Å². The van der Waals surface area contributed by atoms with Crippen molar-refractivity contribution in [3.05, 3.63) is 119 Å². The highest BCUT2D eigenvalue weighted by atomic mass is 16.5. The van der Waals surface area contributed by atoms with Gasteiger partial charge in [0.2, 0.25) is 0 Å². The molecule has 0 saturated heterocycles. The van der Waals surface area contributed by atoms with Gasteiger partial charge in [-0.1, -0.05) is 78.9 Å². The number of aromatic amines is 1. The third-order valence-electron chi connectivity index (χ3n) is 5.19. The maximum absolute atomic E-state index is 12.6. The van der Waals surface area contributed by atoms with Gasteiger partial charge in [0.05, 0.1) is 10.9 Å². The molecule has 4 heteroatoms. The summed E-state index contributed by atoms with van der Waals surface area (Å²) in [6.45, 7) is 0.505. The average Bonchev–Trinajstić information content (AvgIpc) is 2.83. The lowest BCUT2D eigenvalue weighted by molar-refractivity contribution is 0.306. The maximum atomic E-state index is 12.6. The van der Waals surface area contributed by atoms with Crippen LogP contribution in [0.5, 0.6) is 5.75 Å². The van der Waals surface area contributed by atoms with E-state index in [2.05, 4.69) is 4.98 Å². The number of hydrogen-bond acceptors (Lipinski definition) is 3. The molecule has 0 aliphatic heterocycles. The summed E-state index contributed by atoms with van der Waals surface area (Å²) in [5, 5.41) is 0.583. The average molecular weight is 404 g/mol. The molecule has 0 aliphatic carbocycles. The summed E-state index contributed by atoms with van der Waals surface area (Å²) in [5.74, 6) is 1.34. The Bertz CT molecular complexity index is 1410. The first-order valence-electron chi connectivity index (χ1n) is 10.1. The third kappa shape index (κ3) is 3.96. The predicted octanol–water partition coefficient (Wildman–Crippen LogP) is 5.84. The Balaban J connectivity index is 1.52. The molecular formula is C27H20N2O2. The summed E-state index contributed by atoms with van der Waals surface area (Å²) in [7, 11) is 0. The largest absolute Gasteiger partial charge is 0.489 e. The Hall–Kier alpha value is -4.18. The van der Waals surface area contributed by atoms with Crippen molar-refractivity contribution in [2.45, 2.75) is 6.61 Å². The Morgan fingerprint density at radius 3 is 2.35 bits per heavy atom. The summed E-state index contributed by atoms with van der Waals surface area (Å²) in [6.07, 6.45) is 0. The van der Waals surface area contributed by atoms with E-state index in [4.69, 9.17) is 9.72 Å². The zero-order valence-electron chi connectivity index (χ0n) is 16.8. The smallest absolute Gasteiger partial charge is 0.259 e. The monoisotopic (exact) mass is 404 g/mol. The highest BCUT2D eigenvalue weighted by Crippen LogP contribution is 2.32. The summed E-state index contributed by atoms with van der Waals surface area (Å²) < 4.78 is 6.00. The minimum Gasteiger partial charge on any atom is -0.489 e. The van der Waals surface area contributed by atoms with E-state index in [-0.39, 0.29) is 5.56 Å². The van der Waals surface area contributed by atoms with Crippen molar-refractivity contribution in [2.75, 3.05) is 0 Å². The van der Waals surface area contributed by atoms with Gasteiger partial charge in [-0.2, -0.15) is 0 Å². The number of aromatic nitrogens is 2. The van der Waals surface area contributed by atoms with E-state index in [1.165, 1.54) is 0 Å². The van der Waals surface area contributed by atoms with Gasteiger partial charge in [-0.3, -0.25) is 4.79 Å². The molecule has 4 nitrogen and oxygen atoms in total. The van der Waals surface area contributed by atoms with E-state index in [0.717, 1.165) is 28.0 Å². The van der Waals surface area contributed by atoms with Gasteiger partial charge in [0.15, 0.2) is 0 Å². The van der Waals surface area contributed by atoms with Crippen LogP contribution in [-0.4, -0.2) is 9.97 Å². The van der Waals surface area contributed by atoms with Crippen LogP contribution in [0.4, 0.5) is 0 Å². The molecule has 0 atom stereocenters. The van der Waals surface area contributed by atoms with Crippen LogP contribution in [-0.2, 0) is 6.61 Å². The van der Waals surface area contributed by atoms with Crippen molar-refractivity contribution in [2.24, 2.45) is 0 Å². The van der Waals surface area contributed by atoms with Crippen LogP contribution in [0.3, 0.4) is 0 Å². The second-order valence-electron chi connectivity index (χ2n) is 7.28. The van der Waals surface area contributed by atoms with Crippen LogP contribution in [0.25, 0.3) is 33.4 Å². The molecule has 0 aliphatic rings. The Labute approximate surface area is 179 Å². The molecule has 4 aromatic carbocycles. The molecule has 5 aromatic rings. The van der Waals surface area contributed by atoms with E-state index in [0.29, 0.717) is 23.3 Å². The quantitative estimate of drug-likeness (QED) is 0.401. The van der Waals surface area contributed by atoms with Crippen molar-refractivity contribution in [1.82, 2.24) is 9.97 Å². The number of nitrogens with zero attached hydrogens (tertiary/aromatic N) is 1. The zero-order chi connectivity index (χ0) is 21.0. The molecule has 0 bridgehead atoms. The van der Waals surface area contributed by atoms with E-state index in [9.17, 15) is 4.79 Å². The Morgan fingerprint density at radius 2 is 1.48 bits per heavy atom. The Morgan fingerprint density at radius 1 is 0.742 bits per heavy atom. The van der Waals surface area contributed by atoms with Crippen LogP contribution in [0.1, 0.15) is 5.56 Å². The number of nitrogens with one attached hydrogen (secondary N) is 1. The lowest BCUT2D eigenvalue weighted by Gasteiger charge is -2.12. The molecule has 1 heterocycles. The van der Waals surface area contributed by atoms with Crippen LogP contribution in [0.2, 0.25) is 0 Å². The Kier molecular flexibility index (Phi) is 5.03. The minimum atomic E-state index is -0.143. The number of benzene rings is 4. The molecule has 31 heavy (non-hydrogen) atoms. The van der Waals surface area contributed by atoms with Crippen LogP contribution < -0.4 is 10.3 Å². The number of H-pyrrole nitrogens is 1. The first-order valence-corrected chi connectivity index (χ1v) is 10.1. The third-order valence-corrected chi connectivity index (χ3v) is 5.19. The fraction of sp³-hybridized carbons (Fsp3) is 0.0370. The number of fused-ring (bicyclic) bond motifs is 1. The van der Waals surface area contributed by atoms with Crippen LogP contribution in [0, 0.1) is 0 Å². The summed E-state index contributed by atoms with van der Waals surface area (Å²) >= 11 is 0. The molecule has 0 fully saturated rings. The number of hydrogen-bond donors (Lipinski definition) is 1. The second kappa shape index (κ2) is 8.28. The van der Waals surface area contributed by atoms with Gasteiger partial charge < -0.3 is 9.72 Å². The first kappa shape index (κ1) is 18.8. The number of ether oxygens (including phenoxy) is 1. The molecule has 5 rings (SSSR count). The molecule has 0 amide bonds. The van der Waals surface area contributed by atoms with Crippen molar-refractivity contribution >= 4 is 10.9 Å². The van der Waals surface area contributed by atoms with Crippen LogP contribution in [0.15, 0.2) is 108 Å². The highest BCUT2D eigenvalue weighted by molar-refractivity contribution is 5.84. The van der Waals surface area contributed by atoms with Gasteiger partial charge in [-0.25, -0.2) is 4.98 Å².